The Morgan fingerprint density at radius 3 is 2.58 bits per heavy atom. The number of hydrogen-bond donors (Lipinski definition) is 2. The van der Waals surface area contributed by atoms with Crippen molar-refractivity contribution in [2.45, 2.75) is 19.8 Å². The van der Waals surface area contributed by atoms with Crippen LogP contribution in [0.2, 0.25) is 0 Å². The van der Waals surface area contributed by atoms with Gasteiger partial charge < -0.3 is 11.1 Å². The number of hydrogen-bond acceptors (Lipinski definition) is 4. The van der Waals surface area contributed by atoms with Crippen LogP contribution in [0.15, 0.2) is 36.5 Å². The average molecular weight is 256 g/mol. The molecule has 0 aliphatic carbocycles. The van der Waals surface area contributed by atoms with Gasteiger partial charge in [-0.25, -0.2) is 9.97 Å². The number of aromatic nitrogens is 2. The zero-order valence-corrected chi connectivity index (χ0v) is 11.4. The van der Waals surface area contributed by atoms with Gasteiger partial charge in [-0.3, -0.25) is 0 Å². The van der Waals surface area contributed by atoms with Crippen LogP contribution in [0.3, 0.4) is 0 Å². The minimum absolute atomic E-state index is 0.311. The Kier molecular flexibility index (Phi) is 4.47. The van der Waals surface area contributed by atoms with Crippen molar-refractivity contribution < 1.29 is 0 Å². The molecule has 1 heterocycles. The van der Waals surface area contributed by atoms with Gasteiger partial charge in [0, 0.05) is 24.6 Å². The fraction of sp³-hybridized carbons (Fsp3) is 0.333. The maximum absolute atomic E-state index is 5.54. The Morgan fingerprint density at radius 2 is 1.95 bits per heavy atom. The van der Waals surface area contributed by atoms with Gasteiger partial charge in [-0.2, -0.15) is 0 Å². The van der Waals surface area contributed by atoms with E-state index in [2.05, 4.69) is 41.3 Å². The lowest BCUT2D eigenvalue weighted by Gasteiger charge is -2.13. The minimum Gasteiger partial charge on any atom is -0.381 e. The van der Waals surface area contributed by atoms with Crippen molar-refractivity contribution in [2.24, 2.45) is 5.73 Å². The van der Waals surface area contributed by atoms with Crippen molar-refractivity contribution in [2.75, 3.05) is 18.4 Å². The third kappa shape index (κ3) is 3.29. The maximum atomic E-state index is 5.54. The van der Waals surface area contributed by atoms with Crippen molar-refractivity contribution >= 4 is 5.69 Å². The monoisotopic (exact) mass is 256 g/mol. The molecule has 19 heavy (non-hydrogen) atoms. The Morgan fingerprint density at radius 1 is 1.21 bits per heavy atom. The Labute approximate surface area is 114 Å². The van der Waals surface area contributed by atoms with E-state index >= 15 is 0 Å². The highest BCUT2D eigenvalue weighted by Crippen LogP contribution is 2.26. The molecule has 0 aliphatic heterocycles. The van der Waals surface area contributed by atoms with E-state index in [9.17, 15) is 0 Å². The van der Waals surface area contributed by atoms with Crippen LogP contribution < -0.4 is 11.1 Å². The zero-order valence-electron chi connectivity index (χ0n) is 11.4. The molecule has 0 fully saturated rings. The molecule has 0 bridgehead atoms. The molecular formula is C15H20N4. The normalized spacial score (nSPS) is 10.7. The molecule has 100 valence electrons. The molecule has 1 aromatic carbocycles. The van der Waals surface area contributed by atoms with Crippen LogP contribution in [0, 0.1) is 0 Å². The summed E-state index contributed by atoms with van der Waals surface area (Å²) in [4.78, 5) is 9.08. The fourth-order valence-electron chi connectivity index (χ4n) is 1.83. The second kappa shape index (κ2) is 6.29. The summed E-state index contributed by atoms with van der Waals surface area (Å²) < 4.78 is 0. The van der Waals surface area contributed by atoms with Crippen LogP contribution in [0.1, 0.15) is 25.6 Å². The Bertz CT molecular complexity index is 523. The predicted molar refractivity (Wildman–Crippen MR) is 79.1 cm³/mol. The quantitative estimate of drug-likeness (QED) is 0.863. The lowest BCUT2D eigenvalue weighted by atomic mass is 10.1. The summed E-state index contributed by atoms with van der Waals surface area (Å²) in [5.74, 6) is 1.17. The van der Waals surface area contributed by atoms with Gasteiger partial charge in [-0.05, 0) is 0 Å². The molecule has 0 atom stereocenters. The highest BCUT2D eigenvalue weighted by molar-refractivity contribution is 5.73. The number of nitrogens with one attached hydrogen (secondary N) is 1. The number of anilines is 1. The van der Waals surface area contributed by atoms with E-state index in [0.717, 1.165) is 22.8 Å². The first-order chi connectivity index (χ1) is 9.22. The largest absolute Gasteiger partial charge is 0.381 e. The van der Waals surface area contributed by atoms with E-state index in [4.69, 9.17) is 5.73 Å². The summed E-state index contributed by atoms with van der Waals surface area (Å²) in [5.41, 5.74) is 8.50. The van der Waals surface area contributed by atoms with Crippen molar-refractivity contribution in [1.82, 2.24) is 9.97 Å². The molecule has 0 amide bonds. The molecule has 0 saturated heterocycles. The van der Waals surface area contributed by atoms with Crippen molar-refractivity contribution in [1.29, 1.82) is 0 Å². The molecule has 2 aromatic rings. The standard InChI is InChI=1S/C15H20N4/c1-11(2)15-18-10-13(17-9-8-16)14(19-15)12-6-4-3-5-7-12/h3-7,10-11,17H,8-9,16H2,1-2H3. The van der Waals surface area contributed by atoms with Crippen molar-refractivity contribution in [3.8, 4) is 11.3 Å². The topological polar surface area (TPSA) is 63.8 Å². The number of benzene rings is 1. The lowest BCUT2D eigenvalue weighted by Crippen LogP contribution is -2.14. The first-order valence-corrected chi connectivity index (χ1v) is 6.58. The Balaban J connectivity index is 2.44. The third-order valence-corrected chi connectivity index (χ3v) is 2.83. The van der Waals surface area contributed by atoms with E-state index in [1.165, 1.54) is 0 Å². The van der Waals surface area contributed by atoms with Gasteiger partial charge in [0.1, 0.15) is 5.82 Å². The van der Waals surface area contributed by atoms with Gasteiger partial charge in [-0.15, -0.1) is 0 Å². The maximum Gasteiger partial charge on any atom is 0.131 e. The number of nitrogens with zero attached hydrogens (tertiary/aromatic N) is 2. The minimum atomic E-state index is 0.311. The molecule has 4 heteroatoms. The first-order valence-electron chi connectivity index (χ1n) is 6.58. The number of rotatable bonds is 5. The molecule has 1 aromatic heterocycles. The molecule has 2 rings (SSSR count). The molecule has 0 aliphatic rings. The van der Waals surface area contributed by atoms with Crippen molar-refractivity contribution in [3.63, 3.8) is 0 Å². The zero-order chi connectivity index (χ0) is 13.7. The van der Waals surface area contributed by atoms with Gasteiger partial charge in [0.05, 0.1) is 17.6 Å². The highest BCUT2D eigenvalue weighted by Gasteiger charge is 2.10. The second-order valence-electron chi connectivity index (χ2n) is 4.73. The van der Waals surface area contributed by atoms with E-state index in [1.54, 1.807) is 0 Å². The smallest absolute Gasteiger partial charge is 0.131 e. The van der Waals surface area contributed by atoms with Crippen LogP contribution in [-0.4, -0.2) is 23.1 Å². The number of nitrogens with two attached hydrogens (primary N) is 1. The van der Waals surface area contributed by atoms with E-state index in [0.29, 0.717) is 19.0 Å². The summed E-state index contributed by atoms with van der Waals surface area (Å²) in [6.07, 6.45) is 1.85. The van der Waals surface area contributed by atoms with Crippen LogP contribution in [0.5, 0.6) is 0 Å². The average Bonchev–Trinajstić information content (AvgIpc) is 2.45. The van der Waals surface area contributed by atoms with Gasteiger partial charge in [0.15, 0.2) is 0 Å². The molecule has 3 N–H and O–H groups in total. The molecule has 0 spiro atoms. The fourth-order valence-corrected chi connectivity index (χ4v) is 1.83. The SMILES string of the molecule is CC(C)c1ncc(NCCN)c(-c2ccccc2)n1. The summed E-state index contributed by atoms with van der Waals surface area (Å²) >= 11 is 0. The molecule has 0 saturated carbocycles. The third-order valence-electron chi connectivity index (χ3n) is 2.83. The highest BCUT2D eigenvalue weighted by atomic mass is 15.0. The Hall–Kier alpha value is -1.94. The van der Waals surface area contributed by atoms with Gasteiger partial charge in [0.2, 0.25) is 0 Å². The predicted octanol–water partition coefficient (Wildman–Crippen LogP) is 2.64. The van der Waals surface area contributed by atoms with E-state index in [1.807, 2.05) is 24.4 Å². The van der Waals surface area contributed by atoms with Crippen LogP contribution in [0.25, 0.3) is 11.3 Å². The molecule has 4 nitrogen and oxygen atoms in total. The van der Waals surface area contributed by atoms with Gasteiger partial charge in [0.25, 0.3) is 0 Å². The summed E-state index contributed by atoms with van der Waals surface area (Å²) in [5, 5.41) is 3.28. The molecule has 0 radical (unpaired) electrons. The van der Waals surface area contributed by atoms with Crippen LogP contribution in [-0.2, 0) is 0 Å². The van der Waals surface area contributed by atoms with Gasteiger partial charge in [-0.1, -0.05) is 44.2 Å². The molecular weight excluding hydrogens is 236 g/mol. The summed E-state index contributed by atoms with van der Waals surface area (Å²) in [7, 11) is 0. The second-order valence-corrected chi connectivity index (χ2v) is 4.73. The first kappa shape index (κ1) is 13.5. The van der Waals surface area contributed by atoms with Gasteiger partial charge >= 0.3 is 0 Å². The summed E-state index contributed by atoms with van der Waals surface area (Å²) in [6.45, 7) is 5.48. The van der Waals surface area contributed by atoms with Crippen molar-refractivity contribution in [3.05, 3.63) is 42.4 Å². The van der Waals surface area contributed by atoms with E-state index in [-0.39, 0.29) is 0 Å². The summed E-state index contributed by atoms with van der Waals surface area (Å²) in [6, 6.07) is 10.1. The molecule has 0 unspecified atom stereocenters. The van der Waals surface area contributed by atoms with Crippen LogP contribution >= 0.6 is 0 Å². The van der Waals surface area contributed by atoms with Crippen LogP contribution in [0.4, 0.5) is 5.69 Å². The lowest BCUT2D eigenvalue weighted by molar-refractivity contribution is 0.776. The van der Waals surface area contributed by atoms with E-state index < -0.39 is 0 Å².